The number of benzene rings is 1. The van der Waals surface area contributed by atoms with Gasteiger partial charge in [0.05, 0.1) is 29.5 Å². The van der Waals surface area contributed by atoms with E-state index in [-0.39, 0.29) is 0 Å². The van der Waals surface area contributed by atoms with Gasteiger partial charge in [0.1, 0.15) is 0 Å². The summed E-state index contributed by atoms with van der Waals surface area (Å²) in [5.74, 6) is 0. The maximum absolute atomic E-state index is 5.77. The van der Waals surface area contributed by atoms with Crippen molar-refractivity contribution in [2.45, 2.75) is 31.4 Å². The minimum absolute atomic E-state index is 0.310. The first kappa shape index (κ1) is 10.6. The van der Waals surface area contributed by atoms with Crippen LogP contribution in [-0.4, -0.2) is 22.8 Å². The molecule has 0 amide bonds. The van der Waals surface area contributed by atoms with E-state index in [0.717, 1.165) is 29.6 Å². The average molecular weight is 231 g/mol. The highest BCUT2D eigenvalue weighted by atomic mass is 16.5. The maximum Gasteiger partial charge on any atom is 0.0961 e. The van der Waals surface area contributed by atoms with Crippen LogP contribution in [0.5, 0.6) is 0 Å². The Balaban J connectivity index is 2.05. The quantitative estimate of drug-likeness (QED) is 0.807. The molecule has 2 unspecified atom stereocenters. The lowest BCUT2D eigenvalue weighted by Gasteiger charge is -2.20. The van der Waals surface area contributed by atoms with Gasteiger partial charge in [-0.1, -0.05) is 0 Å². The summed E-state index contributed by atoms with van der Waals surface area (Å²) in [5, 5.41) is 0. The van der Waals surface area contributed by atoms with Crippen molar-refractivity contribution >= 4 is 16.7 Å². The molecular weight excluding hydrogens is 214 g/mol. The molecule has 2 N–H and O–H groups in total. The van der Waals surface area contributed by atoms with Gasteiger partial charge in [-0.2, -0.15) is 0 Å². The van der Waals surface area contributed by atoms with Gasteiger partial charge in [-0.3, -0.25) is 0 Å². The van der Waals surface area contributed by atoms with Gasteiger partial charge in [-0.05, 0) is 37.5 Å². The molecule has 90 valence electrons. The first-order chi connectivity index (χ1) is 8.29. The molecule has 1 heterocycles. The lowest BCUT2D eigenvalue weighted by atomic mass is 10.2. The third kappa shape index (κ3) is 1.69. The summed E-state index contributed by atoms with van der Waals surface area (Å²) in [6, 6.07) is 6.30. The highest BCUT2D eigenvalue weighted by Crippen LogP contribution is 2.34. The molecule has 2 atom stereocenters. The zero-order valence-corrected chi connectivity index (χ0v) is 9.97. The van der Waals surface area contributed by atoms with Gasteiger partial charge < -0.3 is 15.0 Å². The van der Waals surface area contributed by atoms with Crippen LogP contribution in [0, 0.1) is 0 Å². The number of aromatic nitrogens is 2. The number of hydrogen-bond acceptors (Lipinski definition) is 3. The van der Waals surface area contributed by atoms with Gasteiger partial charge in [-0.25, -0.2) is 4.98 Å². The first-order valence-corrected chi connectivity index (χ1v) is 6.04. The van der Waals surface area contributed by atoms with Crippen LogP contribution in [0.15, 0.2) is 24.5 Å². The van der Waals surface area contributed by atoms with E-state index in [4.69, 9.17) is 10.5 Å². The minimum Gasteiger partial charge on any atom is -0.399 e. The van der Waals surface area contributed by atoms with Crippen molar-refractivity contribution in [2.75, 3.05) is 12.8 Å². The SMILES string of the molecule is COC1CCCC1n1cnc2cc(N)ccc21. The largest absolute Gasteiger partial charge is 0.399 e. The number of fused-ring (bicyclic) bond motifs is 1. The molecule has 0 aliphatic heterocycles. The van der Waals surface area contributed by atoms with Gasteiger partial charge >= 0.3 is 0 Å². The lowest BCUT2D eigenvalue weighted by molar-refractivity contribution is 0.0762. The molecule has 17 heavy (non-hydrogen) atoms. The van der Waals surface area contributed by atoms with Crippen LogP contribution in [0.25, 0.3) is 11.0 Å². The Morgan fingerprint density at radius 3 is 3.12 bits per heavy atom. The third-order valence-corrected chi connectivity index (χ3v) is 3.68. The molecule has 3 rings (SSSR count). The Morgan fingerprint density at radius 2 is 2.29 bits per heavy atom. The molecule has 0 radical (unpaired) electrons. The molecule has 2 aromatic rings. The molecule has 1 saturated carbocycles. The molecule has 4 nitrogen and oxygen atoms in total. The summed E-state index contributed by atoms with van der Waals surface area (Å²) < 4.78 is 7.78. The highest BCUT2D eigenvalue weighted by Gasteiger charge is 2.29. The second-order valence-electron chi connectivity index (χ2n) is 4.67. The number of methoxy groups -OCH3 is 1. The summed E-state index contributed by atoms with van der Waals surface area (Å²) in [6.07, 6.45) is 5.73. The Labute approximate surface area is 100 Å². The molecule has 1 aromatic carbocycles. The number of imidazole rings is 1. The minimum atomic E-state index is 0.310. The predicted molar refractivity (Wildman–Crippen MR) is 67.8 cm³/mol. The second-order valence-corrected chi connectivity index (χ2v) is 4.67. The third-order valence-electron chi connectivity index (χ3n) is 3.68. The number of rotatable bonds is 2. The van der Waals surface area contributed by atoms with Crippen molar-refractivity contribution in [1.82, 2.24) is 9.55 Å². The molecule has 1 fully saturated rings. The fourth-order valence-corrected chi connectivity index (χ4v) is 2.81. The van der Waals surface area contributed by atoms with E-state index in [1.807, 2.05) is 24.5 Å². The number of nitrogens with zero attached hydrogens (tertiary/aromatic N) is 2. The van der Waals surface area contributed by atoms with Gasteiger partial charge in [0, 0.05) is 12.8 Å². The molecule has 1 aliphatic carbocycles. The van der Waals surface area contributed by atoms with Crippen LogP contribution in [-0.2, 0) is 4.74 Å². The van der Waals surface area contributed by atoms with Crippen LogP contribution in [0.2, 0.25) is 0 Å². The van der Waals surface area contributed by atoms with E-state index in [9.17, 15) is 0 Å². The summed E-state index contributed by atoms with van der Waals surface area (Å²) in [6.45, 7) is 0. The van der Waals surface area contributed by atoms with Crippen molar-refractivity contribution in [1.29, 1.82) is 0 Å². The van der Waals surface area contributed by atoms with E-state index in [1.165, 1.54) is 6.42 Å². The zero-order chi connectivity index (χ0) is 11.8. The summed E-state index contributed by atoms with van der Waals surface area (Å²) >= 11 is 0. The summed E-state index contributed by atoms with van der Waals surface area (Å²) in [4.78, 5) is 4.42. The normalized spacial score (nSPS) is 24.5. The van der Waals surface area contributed by atoms with Crippen LogP contribution in [0.1, 0.15) is 25.3 Å². The average Bonchev–Trinajstić information content (AvgIpc) is 2.92. The van der Waals surface area contributed by atoms with Crippen molar-refractivity contribution < 1.29 is 4.74 Å². The van der Waals surface area contributed by atoms with Crippen molar-refractivity contribution in [3.8, 4) is 0 Å². The van der Waals surface area contributed by atoms with Crippen molar-refractivity contribution in [2.24, 2.45) is 0 Å². The number of nitrogens with two attached hydrogens (primary N) is 1. The Morgan fingerprint density at radius 1 is 1.41 bits per heavy atom. The van der Waals surface area contributed by atoms with Gasteiger partial charge in [0.15, 0.2) is 0 Å². The van der Waals surface area contributed by atoms with Crippen LogP contribution >= 0.6 is 0 Å². The highest BCUT2D eigenvalue weighted by molar-refractivity contribution is 5.79. The number of anilines is 1. The number of ether oxygens (including phenoxy) is 1. The molecule has 0 bridgehead atoms. The molecule has 4 heteroatoms. The van der Waals surface area contributed by atoms with E-state index >= 15 is 0 Å². The smallest absolute Gasteiger partial charge is 0.0961 e. The van der Waals surface area contributed by atoms with Crippen LogP contribution in [0.3, 0.4) is 0 Å². The zero-order valence-electron chi connectivity index (χ0n) is 9.97. The number of hydrogen-bond donors (Lipinski definition) is 1. The van der Waals surface area contributed by atoms with E-state index in [2.05, 4.69) is 9.55 Å². The number of nitrogen functional groups attached to an aromatic ring is 1. The summed E-state index contributed by atoms with van der Waals surface area (Å²) in [5.41, 5.74) is 8.64. The fraction of sp³-hybridized carbons (Fsp3) is 0.462. The predicted octanol–water partition coefficient (Wildman–Crippen LogP) is 2.36. The standard InChI is InChI=1S/C13H17N3O/c1-17-13-4-2-3-12(13)16-8-15-10-7-9(14)5-6-11(10)16/h5-8,12-13H,2-4,14H2,1H3. The Kier molecular flexibility index (Phi) is 2.52. The molecule has 1 aromatic heterocycles. The van der Waals surface area contributed by atoms with E-state index in [1.54, 1.807) is 7.11 Å². The molecule has 0 saturated heterocycles. The monoisotopic (exact) mass is 231 g/mol. The van der Waals surface area contributed by atoms with Gasteiger partial charge in [0.25, 0.3) is 0 Å². The Hall–Kier alpha value is -1.55. The van der Waals surface area contributed by atoms with Crippen molar-refractivity contribution in [3.63, 3.8) is 0 Å². The first-order valence-electron chi connectivity index (χ1n) is 6.04. The maximum atomic E-state index is 5.77. The van der Waals surface area contributed by atoms with E-state index in [0.29, 0.717) is 12.1 Å². The van der Waals surface area contributed by atoms with Crippen molar-refractivity contribution in [3.05, 3.63) is 24.5 Å². The Bertz CT molecular complexity index is 534. The fourth-order valence-electron chi connectivity index (χ4n) is 2.81. The van der Waals surface area contributed by atoms with Crippen LogP contribution in [0.4, 0.5) is 5.69 Å². The second kappa shape index (κ2) is 4.04. The molecule has 1 aliphatic rings. The molecule has 0 spiro atoms. The van der Waals surface area contributed by atoms with E-state index < -0.39 is 0 Å². The van der Waals surface area contributed by atoms with Crippen LogP contribution < -0.4 is 5.73 Å². The van der Waals surface area contributed by atoms with Gasteiger partial charge in [0.2, 0.25) is 0 Å². The summed E-state index contributed by atoms with van der Waals surface area (Å²) in [7, 11) is 1.79. The van der Waals surface area contributed by atoms with Gasteiger partial charge in [-0.15, -0.1) is 0 Å². The topological polar surface area (TPSA) is 53.1 Å². The molecular formula is C13H17N3O. The lowest BCUT2D eigenvalue weighted by Crippen LogP contribution is -2.19.